The molecule has 1 aliphatic heterocycles. The third kappa shape index (κ3) is 5.52. The van der Waals surface area contributed by atoms with Gasteiger partial charge < -0.3 is 14.2 Å². The highest BCUT2D eigenvalue weighted by Crippen LogP contribution is 2.36. The Balaban J connectivity index is 1.79. The average molecular weight is 520 g/mol. The van der Waals surface area contributed by atoms with Crippen LogP contribution in [0.15, 0.2) is 51.8 Å². The van der Waals surface area contributed by atoms with Gasteiger partial charge in [-0.3, -0.25) is 14.5 Å². The van der Waals surface area contributed by atoms with E-state index in [1.165, 1.54) is 14.0 Å². The summed E-state index contributed by atoms with van der Waals surface area (Å²) in [5, 5.41) is -0.515. The molecule has 0 saturated carbocycles. The second kappa shape index (κ2) is 10.7. The van der Waals surface area contributed by atoms with E-state index in [9.17, 15) is 14.4 Å². The van der Waals surface area contributed by atoms with Gasteiger partial charge >= 0.3 is 5.97 Å². The van der Waals surface area contributed by atoms with Gasteiger partial charge in [0.15, 0.2) is 11.5 Å². The highest BCUT2D eigenvalue weighted by atomic mass is 79.9. The lowest BCUT2D eigenvalue weighted by Crippen LogP contribution is -2.42. The summed E-state index contributed by atoms with van der Waals surface area (Å²) in [5.41, 5.74) is 1.67. The number of imide groups is 1. The van der Waals surface area contributed by atoms with Gasteiger partial charge in [0.2, 0.25) is 0 Å². The van der Waals surface area contributed by atoms with Crippen molar-refractivity contribution in [1.82, 2.24) is 4.90 Å². The molecular formula is C23H22BrNO6S. The van der Waals surface area contributed by atoms with Gasteiger partial charge in [-0.1, -0.05) is 34.1 Å². The largest absolute Gasteiger partial charge is 0.490 e. The van der Waals surface area contributed by atoms with Crippen LogP contribution in [-0.2, 0) is 20.9 Å². The van der Waals surface area contributed by atoms with Crippen LogP contribution in [0.2, 0.25) is 0 Å². The average Bonchev–Trinajstić information content (AvgIpc) is 3.06. The zero-order valence-electron chi connectivity index (χ0n) is 17.8. The monoisotopic (exact) mass is 519 g/mol. The number of hydrogen-bond donors (Lipinski definition) is 0. The SMILES string of the molecule is CCOc1cc(/C=C2/SC(=O)N([C@H](C)C(=O)OC)C2=O)ccc1OCc1ccc(Br)cc1. The van der Waals surface area contributed by atoms with Gasteiger partial charge in [0.05, 0.1) is 18.6 Å². The Labute approximate surface area is 198 Å². The Hall–Kier alpha value is -2.78. The molecule has 1 atom stereocenters. The summed E-state index contributed by atoms with van der Waals surface area (Å²) in [5.74, 6) is -0.0919. The zero-order valence-corrected chi connectivity index (χ0v) is 20.2. The Morgan fingerprint density at radius 3 is 2.50 bits per heavy atom. The predicted molar refractivity (Wildman–Crippen MR) is 125 cm³/mol. The first-order valence-electron chi connectivity index (χ1n) is 9.83. The van der Waals surface area contributed by atoms with Crippen LogP contribution in [0, 0.1) is 0 Å². The summed E-state index contributed by atoms with van der Waals surface area (Å²) in [6.07, 6.45) is 1.59. The molecule has 2 aromatic carbocycles. The van der Waals surface area contributed by atoms with E-state index in [1.807, 2.05) is 31.2 Å². The van der Waals surface area contributed by atoms with Crippen LogP contribution < -0.4 is 9.47 Å². The fourth-order valence-corrected chi connectivity index (χ4v) is 4.16. The minimum absolute atomic E-state index is 0.219. The van der Waals surface area contributed by atoms with Crippen LogP contribution in [0.4, 0.5) is 4.79 Å². The molecule has 0 radical (unpaired) electrons. The first-order valence-corrected chi connectivity index (χ1v) is 11.4. The topological polar surface area (TPSA) is 82.1 Å². The third-order valence-corrected chi connectivity index (χ3v) is 6.04. The second-order valence-corrected chi connectivity index (χ2v) is 8.71. The summed E-state index contributed by atoms with van der Waals surface area (Å²) in [6.45, 7) is 4.13. The van der Waals surface area contributed by atoms with E-state index in [0.717, 1.165) is 26.7 Å². The van der Waals surface area contributed by atoms with Crippen molar-refractivity contribution in [3.8, 4) is 11.5 Å². The standard InChI is InChI=1S/C23H22BrNO6S/c1-4-30-19-11-16(7-10-18(19)31-13-15-5-8-17(24)9-6-15)12-20-21(26)25(23(28)32-20)14(2)22(27)29-3/h5-12,14H,4,13H2,1-3H3/b20-12+/t14-/m1/s1. The van der Waals surface area contributed by atoms with Crippen molar-refractivity contribution in [1.29, 1.82) is 0 Å². The van der Waals surface area contributed by atoms with Crippen molar-refractivity contribution >= 4 is 50.9 Å². The molecule has 32 heavy (non-hydrogen) atoms. The molecule has 1 saturated heterocycles. The van der Waals surface area contributed by atoms with E-state index in [1.54, 1.807) is 24.3 Å². The number of carbonyl (C=O) groups excluding carboxylic acids is 3. The lowest BCUT2D eigenvalue weighted by atomic mass is 10.1. The van der Waals surface area contributed by atoms with Crippen molar-refractivity contribution in [3.05, 3.63) is 63.0 Å². The molecule has 168 valence electrons. The van der Waals surface area contributed by atoms with E-state index < -0.39 is 23.2 Å². The van der Waals surface area contributed by atoms with Gasteiger partial charge in [-0.25, -0.2) is 4.79 Å². The number of methoxy groups -OCH3 is 1. The molecular weight excluding hydrogens is 498 g/mol. The number of thioether (sulfide) groups is 1. The molecule has 0 aliphatic carbocycles. The summed E-state index contributed by atoms with van der Waals surface area (Å²) in [7, 11) is 1.21. The summed E-state index contributed by atoms with van der Waals surface area (Å²) < 4.78 is 17.3. The van der Waals surface area contributed by atoms with Crippen LogP contribution in [0.25, 0.3) is 6.08 Å². The first-order chi connectivity index (χ1) is 15.3. The van der Waals surface area contributed by atoms with E-state index in [0.29, 0.717) is 30.3 Å². The lowest BCUT2D eigenvalue weighted by molar-refractivity contribution is -0.148. The maximum Gasteiger partial charge on any atom is 0.328 e. The van der Waals surface area contributed by atoms with Crippen LogP contribution in [0.5, 0.6) is 11.5 Å². The van der Waals surface area contributed by atoms with Crippen LogP contribution in [0.3, 0.4) is 0 Å². The van der Waals surface area contributed by atoms with Gasteiger partial charge in [0.1, 0.15) is 12.6 Å². The van der Waals surface area contributed by atoms with Gasteiger partial charge in [-0.05, 0) is 67.1 Å². The van der Waals surface area contributed by atoms with Crippen molar-refractivity contribution in [2.75, 3.05) is 13.7 Å². The zero-order chi connectivity index (χ0) is 23.3. The van der Waals surface area contributed by atoms with E-state index >= 15 is 0 Å². The van der Waals surface area contributed by atoms with Crippen LogP contribution >= 0.6 is 27.7 Å². The molecule has 0 aromatic heterocycles. The number of esters is 1. The molecule has 0 bridgehead atoms. The maximum atomic E-state index is 12.7. The fourth-order valence-electron chi connectivity index (χ4n) is 2.98. The number of ether oxygens (including phenoxy) is 3. The molecule has 1 heterocycles. The Morgan fingerprint density at radius 1 is 1.12 bits per heavy atom. The van der Waals surface area contributed by atoms with Gasteiger partial charge in [0.25, 0.3) is 11.1 Å². The molecule has 0 N–H and O–H groups in total. The van der Waals surface area contributed by atoms with E-state index in [2.05, 4.69) is 20.7 Å². The van der Waals surface area contributed by atoms with Crippen molar-refractivity contribution < 1.29 is 28.6 Å². The van der Waals surface area contributed by atoms with Crippen molar-refractivity contribution in [2.45, 2.75) is 26.5 Å². The molecule has 7 nitrogen and oxygen atoms in total. The molecule has 3 rings (SSSR count). The van der Waals surface area contributed by atoms with Crippen molar-refractivity contribution in [3.63, 3.8) is 0 Å². The summed E-state index contributed by atoms with van der Waals surface area (Å²) in [6, 6.07) is 12.1. The van der Waals surface area contributed by atoms with Gasteiger partial charge in [0, 0.05) is 4.47 Å². The summed E-state index contributed by atoms with van der Waals surface area (Å²) in [4.78, 5) is 37.9. The molecule has 0 spiro atoms. The Morgan fingerprint density at radius 2 is 1.84 bits per heavy atom. The molecule has 1 aliphatic rings. The Kier molecular flexibility index (Phi) is 7.98. The highest BCUT2D eigenvalue weighted by Gasteiger charge is 2.41. The molecule has 1 fully saturated rings. The lowest BCUT2D eigenvalue weighted by Gasteiger charge is -2.18. The fraction of sp³-hybridized carbons (Fsp3) is 0.261. The number of benzene rings is 2. The summed E-state index contributed by atoms with van der Waals surface area (Å²) >= 11 is 4.19. The molecule has 0 unspecified atom stereocenters. The molecule has 2 amide bonds. The van der Waals surface area contributed by atoms with Crippen LogP contribution in [0.1, 0.15) is 25.0 Å². The smallest absolute Gasteiger partial charge is 0.328 e. The highest BCUT2D eigenvalue weighted by molar-refractivity contribution is 9.10. The van der Waals surface area contributed by atoms with E-state index in [4.69, 9.17) is 9.47 Å². The Bertz CT molecular complexity index is 1050. The molecule has 9 heteroatoms. The number of hydrogen-bond acceptors (Lipinski definition) is 7. The number of rotatable bonds is 8. The number of halogens is 1. The van der Waals surface area contributed by atoms with E-state index in [-0.39, 0.29) is 4.91 Å². The second-order valence-electron chi connectivity index (χ2n) is 6.81. The molecule has 2 aromatic rings. The quantitative estimate of drug-likeness (QED) is 0.357. The number of nitrogens with zero attached hydrogens (tertiary/aromatic N) is 1. The van der Waals surface area contributed by atoms with Crippen molar-refractivity contribution in [2.24, 2.45) is 0 Å². The maximum absolute atomic E-state index is 12.7. The van der Waals surface area contributed by atoms with Gasteiger partial charge in [-0.2, -0.15) is 0 Å². The minimum Gasteiger partial charge on any atom is -0.490 e. The predicted octanol–water partition coefficient (Wildman–Crippen LogP) is 5.02. The number of carbonyl (C=O) groups is 3. The normalized spacial score (nSPS) is 15.8. The van der Waals surface area contributed by atoms with Gasteiger partial charge in [-0.15, -0.1) is 0 Å². The van der Waals surface area contributed by atoms with Crippen LogP contribution in [-0.4, -0.2) is 41.8 Å². The third-order valence-electron chi connectivity index (χ3n) is 4.63. The minimum atomic E-state index is -0.994. The number of amides is 2. The first kappa shape index (κ1) is 23.9.